The van der Waals surface area contributed by atoms with E-state index in [1.807, 2.05) is 0 Å². The summed E-state index contributed by atoms with van der Waals surface area (Å²) < 4.78 is 0. The summed E-state index contributed by atoms with van der Waals surface area (Å²) in [6, 6.07) is 0. The predicted molar refractivity (Wildman–Crippen MR) is 38.1 cm³/mol. The Balaban J connectivity index is 0. The number of rotatable bonds is 4. The molecule has 0 saturated heterocycles. The Hall–Kier alpha value is 0.170. The molecule has 0 rings (SSSR count). The fourth-order valence-electron chi connectivity index (χ4n) is 0.425. The molecule has 0 atom stereocenters. The number of alkyl halides is 1. The molecular formula is C5H14ClNO2. The van der Waals surface area contributed by atoms with Gasteiger partial charge in [0.2, 0.25) is 0 Å². The molecule has 0 aliphatic rings. The monoisotopic (exact) mass is 155 g/mol. The van der Waals surface area contributed by atoms with Crippen LogP contribution >= 0.6 is 11.6 Å². The fourth-order valence-corrected chi connectivity index (χ4v) is 0.620. The second-order valence-corrected chi connectivity index (χ2v) is 2.24. The van der Waals surface area contributed by atoms with Crippen molar-refractivity contribution < 1.29 is 10.2 Å². The zero-order chi connectivity index (χ0) is 6.41. The summed E-state index contributed by atoms with van der Waals surface area (Å²) in [5, 5.41) is 16.5. The maximum Gasteiger partial charge on any atom is 0.0445 e. The number of hydrogen-bond donors (Lipinski definition) is 3. The average Bonchev–Trinajstić information content (AvgIpc) is 1.68. The third kappa shape index (κ3) is 8.17. The first kappa shape index (κ1) is 11.9. The topological polar surface area (TPSA) is 75.5 Å². The fraction of sp³-hybridized carbons (Fsp3) is 1.00. The van der Waals surface area contributed by atoms with Crippen LogP contribution < -0.4 is 6.15 Å². The molecule has 0 aliphatic heterocycles. The summed E-state index contributed by atoms with van der Waals surface area (Å²) >= 11 is 5.56. The molecule has 9 heavy (non-hydrogen) atoms. The van der Waals surface area contributed by atoms with Crippen LogP contribution in [0.2, 0.25) is 0 Å². The third-order valence-electron chi connectivity index (χ3n) is 0.885. The quantitative estimate of drug-likeness (QED) is 0.518. The smallest absolute Gasteiger partial charge is 0.0445 e. The van der Waals surface area contributed by atoms with Crippen LogP contribution in [0.15, 0.2) is 0 Å². The van der Waals surface area contributed by atoms with E-state index in [1.165, 1.54) is 0 Å². The van der Waals surface area contributed by atoms with Crippen molar-refractivity contribution in [1.29, 1.82) is 0 Å². The first-order chi connectivity index (χ1) is 3.81. The highest BCUT2D eigenvalue weighted by Gasteiger charge is 2.00. The van der Waals surface area contributed by atoms with Gasteiger partial charge in [0.15, 0.2) is 0 Å². The summed E-state index contributed by atoms with van der Waals surface area (Å²) in [7, 11) is 0. The van der Waals surface area contributed by atoms with Crippen molar-refractivity contribution in [3.8, 4) is 0 Å². The van der Waals surface area contributed by atoms with Gasteiger partial charge in [0.25, 0.3) is 0 Å². The largest absolute Gasteiger partial charge is 0.396 e. The molecule has 0 unspecified atom stereocenters. The minimum Gasteiger partial charge on any atom is -0.396 e. The van der Waals surface area contributed by atoms with Crippen molar-refractivity contribution >= 4 is 11.6 Å². The second-order valence-electron chi connectivity index (χ2n) is 1.62. The molecule has 0 bridgehead atoms. The van der Waals surface area contributed by atoms with E-state index in [2.05, 4.69) is 0 Å². The predicted octanol–water partition coefficient (Wildman–Crippen LogP) is 0.521. The zero-order valence-electron chi connectivity index (χ0n) is 5.39. The lowest BCUT2D eigenvalue weighted by molar-refractivity contribution is 0.259. The van der Waals surface area contributed by atoms with Gasteiger partial charge >= 0.3 is 0 Å². The highest BCUT2D eigenvalue weighted by Crippen LogP contribution is 2.04. The Morgan fingerprint density at radius 3 is 1.67 bits per heavy atom. The number of aliphatic hydroxyl groups is 2. The van der Waals surface area contributed by atoms with E-state index < -0.39 is 0 Å². The van der Waals surface area contributed by atoms with Crippen LogP contribution in [0.4, 0.5) is 0 Å². The van der Waals surface area contributed by atoms with E-state index in [-0.39, 0.29) is 24.7 Å². The number of aliphatic hydroxyl groups excluding tert-OH is 2. The molecule has 0 spiro atoms. The molecule has 0 saturated carbocycles. The van der Waals surface area contributed by atoms with Crippen LogP contribution in [0.5, 0.6) is 0 Å². The summed E-state index contributed by atoms with van der Waals surface area (Å²) in [6.45, 7) is 0.211. The van der Waals surface area contributed by atoms with Crippen LogP contribution in [0.3, 0.4) is 0 Å². The summed E-state index contributed by atoms with van der Waals surface area (Å²) in [5.74, 6) is 0. The SMILES string of the molecule is N.OCCC(Cl)CCO. The molecule has 0 aromatic carbocycles. The maximum absolute atomic E-state index is 8.30. The van der Waals surface area contributed by atoms with Gasteiger partial charge in [-0.05, 0) is 12.8 Å². The molecule has 0 aromatic heterocycles. The molecule has 3 nitrogen and oxygen atoms in total. The van der Waals surface area contributed by atoms with Crippen molar-refractivity contribution in [2.75, 3.05) is 13.2 Å². The lowest BCUT2D eigenvalue weighted by atomic mass is 10.2. The molecule has 0 fully saturated rings. The van der Waals surface area contributed by atoms with E-state index in [0.29, 0.717) is 12.8 Å². The van der Waals surface area contributed by atoms with E-state index in [9.17, 15) is 0 Å². The van der Waals surface area contributed by atoms with Crippen molar-refractivity contribution in [3.05, 3.63) is 0 Å². The Morgan fingerprint density at radius 1 is 1.11 bits per heavy atom. The molecule has 0 aliphatic carbocycles. The van der Waals surface area contributed by atoms with E-state index in [0.717, 1.165) is 0 Å². The highest BCUT2D eigenvalue weighted by atomic mass is 35.5. The van der Waals surface area contributed by atoms with Crippen molar-refractivity contribution in [1.82, 2.24) is 6.15 Å². The third-order valence-corrected chi connectivity index (χ3v) is 1.32. The summed E-state index contributed by atoms with van der Waals surface area (Å²) in [4.78, 5) is 0. The van der Waals surface area contributed by atoms with Gasteiger partial charge in [-0.25, -0.2) is 0 Å². The molecule has 0 radical (unpaired) electrons. The Bertz CT molecular complexity index is 48.2. The number of halogens is 1. The maximum atomic E-state index is 8.30. The van der Waals surface area contributed by atoms with Gasteiger partial charge in [0.1, 0.15) is 0 Å². The lowest BCUT2D eigenvalue weighted by Crippen LogP contribution is -2.03. The van der Waals surface area contributed by atoms with Crippen LogP contribution in [0.1, 0.15) is 12.8 Å². The Kier molecular flexibility index (Phi) is 10.8. The van der Waals surface area contributed by atoms with Gasteiger partial charge in [-0.3, -0.25) is 0 Å². The Morgan fingerprint density at radius 2 is 1.44 bits per heavy atom. The molecule has 58 valence electrons. The summed E-state index contributed by atoms with van der Waals surface area (Å²) in [5.41, 5.74) is 0. The zero-order valence-corrected chi connectivity index (χ0v) is 6.14. The van der Waals surface area contributed by atoms with E-state index in [4.69, 9.17) is 21.8 Å². The summed E-state index contributed by atoms with van der Waals surface area (Å²) in [6.07, 6.45) is 1.14. The molecule has 0 aromatic rings. The standard InChI is InChI=1S/C5H11ClO2.H3N/c6-5(1-3-7)2-4-8;/h5,7-8H,1-4H2;1H3. The molecule has 4 heteroatoms. The van der Waals surface area contributed by atoms with Crippen molar-refractivity contribution in [2.45, 2.75) is 18.2 Å². The minimum atomic E-state index is -0.0648. The first-order valence-corrected chi connectivity index (χ1v) is 3.10. The van der Waals surface area contributed by atoms with Crippen LogP contribution in [-0.4, -0.2) is 28.8 Å². The van der Waals surface area contributed by atoms with Crippen LogP contribution in [0.25, 0.3) is 0 Å². The van der Waals surface area contributed by atoms with Gasteiger partial charge in [-0.2, -0.15) is 0 Å². The average molecular weight is 156 g/mol. The van der Waals surface area contributed by atoms with Crippen molar-refractivity contribution in [2.24, 2.45) is 0 Å². The van der Waals surface area contributed by atoms with Gasteiger partial charge in [-0.15, -0.1) is 11.6 Å². The molecule has 0 heterocycles. The highest BCUT2D eigenvalue weighted by molar-refractivity contribution is 6.20. The Labute approximate surface area is 60.2 Å². The van der Waals surface area contributed by atoms with E-state index in [1.54, 1.807) is 0 Å². The van der Waals surface area contributed by atoms with Gasteiger partial charge < -0.3 is 16.4 Å². The molecule has 0 amide bonds. The first-order valence-electron chi connectivity index (χ1n) is 2.67. The minimum absolute atomic E-state index is 0. The molecule has 5 N–H and O–H groups in total. The normalized spacial score (nSPS) is 9.33. The number of hydrogen-bond acceptors (Lipinski definition) is 3. The van der Waals surface area contributed by atoms with Crippen molar-refractivity contribution in [3.63, 3.8) is 0 Å². The molecular weight excluding hydrogens is 142 g/mol. The van der Waals surface area contributed by atoms with Gasteiger partial charge in [-0.1, -0.05) is 0 Å². The van der Waals surface area contributed by atoms with E-state index >= 15 is 0 Å². The van der Waals surface area contributed by atoms with Crippen LogP contribution in [-0.2, 0) is 0 Å². The van der Waals surface area contributed by atoms with Gasteiger partial charge in [0, 0.05) is 18.6 Å². The lowest BCUT2D eigenvalue weighted by Gasteiger charge is -2.02. The second kappa shape index (κ2) is 8.17. The van der Waals surface area contributed by atoms with Gasteiger partial charge in [0.05, 0.1) is 0 Å². The van der Waals surface area contributed by atoms with Crippen LogP contribution in [0, 0.1) is 0 Å².